The number of hydrogen-bond acceptors (Lipinski definition) is 2. The molecule has 0 unspecified atom stereocenters. The van der Waals surface area contributed by atoms with Gasteiger partial charge in [0.15, 0.2) is 0 Å². The number of allylic oxidation sites excluding steroid dienone is 1. The SMILES string of the molecule is C=CCP(Oc1ccccc1)Oc1ccccc1. The van der Waals surface area contributed by atoms with E-state index in [0.29, 0.717) is 6.16 Å². The maximum Gasteiger partial charge on any atom is 0.294 e. The van der Waals surface area contributed by atoms with Crippen molar-refractivity contribution in [1.29, 1.82) is 0 Å². The zero-order chi connectivity index (χ0) is 12.6. The Balaban J connectivity index is 2.02. The fraction of sp³-hybridized carbons (Fsp3) is 0.0667. The molecule has 0 saturated carbocycles. The molecule has 2 nitrogen and oxygen atoms in total. The number of para-hydroxylation sites is 2. The summed E-state index contributed by atoms with van der Waals surface area (Å²) in [7, 11) is -1.03. The first-order valence-corrected chi connectivity index (χ1v) is 7.09. The molecule has 0 amide bonds. The summed E-state index contributed by atoms with van der Waals surface area (Å²) in [6.45, 7) is 3.74. The van der Waals surface area contributed by atoms with Crippen molar-refractivity contribution in [3.8, 4) is 11.5 Å². The fourth-order valence-electron chi connectivity index (χ4n) is 1.40. The molecule has 3 heteroatoms. The molecule has 92 valence electrons. The second-order valence-corrected chi connectivity index (χ2v) is 5.01. The maximum atomic E-state index is 5.83. The number of benzene rings is 2. The fourth-order valence-corrected chi connectivity index (χ4v) is 2.51. The van der Waals surface area contributed by atoms with Crippen LogP contribution in [0.3, 0.4) is 0 Å². The van der Waals surface area contributed by atoms with Gasteiger partial charge in [0.25, 0.3) is 8.38 Å². The molecule has 0 aliphatic rings. The largest absolute Gasteiger partial charge is 0.438 e. The molecule has 2 rings (SSSR count). The Labute approximate surface area is 109 Å². The molecule has 0 heterocycles. The average Bonchev–Trinajstić information content (AvgIpc) is 2.41. The third kappa shape index (κ3) is 3.90. The Morgan fingerprint density at radius 1 is 0.833 bits per heavy atom. The third-order valence-corrected chi connectivity index (χ3v) is 3.56. The molecule has 0 saturated heterocycles. The van der Waals surface area contributed by atoms with Gasteiger partial charge in [-0.25, -0.2) is 0 Å². The molecule has 0 aliphatic carbocycles. The Morgan fingerprint density at radius 3 is 1.67 bits per heavy atom. The second kappa shape index (κ2) is 6.83. The lowest BCUT2D eigenvalue weighted by atomic mass is 10.3. The third-order valence-electron chi connectivity index (χ3n) is 2.18. The van der Waals surface area contributed by atoms with Gasteiger partial charge in [0, 0.05) is 0 Å². The quantitative estimate of drug-likeness (QED) is 0.555. The molecular formula is C15H15O2P. The minimum Gasteiger partial charge on any atom is -0.438 e. The van der Waals surface area contributed by atoms with Crippen LogP contribution in [0.15, 0.2) is 73.3 Å². The van der Waals surface area contributed by atoms with Gasteiger partial charge in [-0.15, -0.1) is 6.58 Å². The molecule has 18 heavy (non-hydrogen) atoms. The molecule has 2 aromatic carbocycles. The van der Waals surface area contributed by atoms with Crippen molar-refractivity contribution in [2.75, 3.05) is 6.16 Å². The van der Waals surface area contributed by atoms with Gasteiger partial charge in [0.05, 0.1) is 6.16 Å². The van der Waals surface area contributed by atoms with E-state index in [1.807, 2.05) is 66.7 Å². The van der Waals surface area contributed by atoms with Crippen LogP contribution in [0.2, 0.25) is 0 Å². The second-order valence-electron chi connectivity index (χ2n) is 3.61. The molecule has 2 aromatic rings. The van der Waals surface area contributed by atoms with Gasteiger partial charge in [-0.3, -0.25) is 0 Å². The highest BCUT2D eigenvalue weighted by atomic mass is 31.2. The molecule has 0 aromatic heterocycles. The van der Waals surface area contributed by atoms with Crippen LogP contribution in [-0.2, 0) is 0 Å². The molecule has 0 fully saturated rings. The molecule has 0 radical (unpaired) electrons. The summed E-state index contributed by atoms with van der Waals surface area (Å²) in [4.78, 5) is 0. The minimum absolute atomic E-state index is 0.694. The van der Waals surface area contributed by atoms with E-state index in [4.69, 9.17) is 9.05 Å². The van der Waals surface area contributed by atoms with Crippen LogP contribution in [0.25, 0.3) is 0 Å². The van der Waals surface area contributed by atoms with Gasteiger partial charge in [0.2, 0.25) is 0 Å². The minimum atomic E-state index is -1.03. The van der Waals surface area contributed by atoms with Crippen LogP contribution in [-0.4, -0.2) is 6.16 Å². The van der Waals surface area contributed by atoms with Crippen molar-refractivity contribution in [3.05, 3.63) is 73.3 Å². The van der Waals surface area contributed by atoms with Crippen LogP contribution in [0.4, 0.5) is 0 Å². The van der Waals surface area contributed by atoms with Gasteiger partial charge in [-0.2, -0.15) is 0 Å². The predicted molar refractivity (Wildman–Crippen MR) is 76.1 cm³/mol. The Hall–Kier alpha value is -1.79. The topological polar surface area (TPSA) is 18.5 Å². The van der Waals surface area contributed by atoms with E-state index in [9.17, 15) is 0 Å². The van der Waals surface area contributed by atoms with Gasteiger partial charge < -0.3 is 9.05 Å². The summed E-state index contributed by atoms with van der Waals surface area (Å²) in [5, 5.41) is 0. The van der Waals surface area contributed by atoms with E-state index < -0.39 is 8.38 Å². The van der Waals surface area contributed by atoms with Crippen molar-refractivity contribution >= 4 is 8.38 Å². The standard InChI is InChI=1S/C15H15O2P/c1-2-13-18(16-14-9-5-3-6-10-14)17-15-11-7-4-8-12-15/h2-12H,1,13H2. The summed E-state index contributed by atoms with van der Waals surface area (Å²) in [6.07, 6.45) is 2.51. The smallest absolute Gasteiger partial charge is 0.294 e. The lowest BCUT2D eigenvalue weighted by molar-refractivity contribution is 0.493. The Bertz CT molecular complexity index is 429. The molecular weight excluding hydrogens is 243 g/mol. The van der Waals surface area contributed by atoms with E-state index in [2.05, 4.69) is 6.58 Å². The Kier molecular flexibility index (Phi) is 4.80. The Morgan fingerprint density at radius 2 is 1.28 bits per heavy atom. The van der Waals surface area contributed by atoms with E-state index in [0.717, 1.165) is 11.5 Å². The van der Waals surface area contributed by atoms with Crippen molar-refractivity contribution in [3.63, 3.8) is 0 Å². The highest BCUT2D eigenvalue weighted by molar-refractivity contribution is 7.48. The number of rotatable bonds is 6. The van der Waals surface area contributed by atoms with Gasteiger partial charge >= 0.3 is 0 Å². The maximum absolute atomic E-state index is 5.83. The van der Waals surface area contributed by atoms with Crippen LogP contribution in [0.1, 0.15) is 0 Å². The lowest BCUT2D eigenvalue weighted by Gasteiger charge is -2.17. The van der Waals surface area contributed by atoms with Crippen LogP contribution in [0.5, 0.6) is 11.5 Å². The van der Waals surface area contributed by atoms with E-state index in [1.54, 1.807) is 0 Å². The lowest BCUT2D eigenvalue weighted by Crippen LogP contribution is -1.98. The van der Waals surface area contributed by atoms with Gasteiger partial charge in [-0.05, 0) is 24.3 Å². The van der Waals surface area contributed by atoms with Crippen molar-refractivity contribution in [1.82, 2.24) is 0 Å². The first-order valence-electron chi connectivity index (χ1n) is 5.73. The zero-order valence-corrected chi connectivity index (χ0v) is 10.9. The molecule has 0 bridgehead atoms. The summed E-state index contributed by atoms with van der Waals surface area (Å²) < 4.78 is 11.7. The van der Waals surface area contributed by atoms with E-state index in [-0.39, 0.29) is 0 Å². The van der Waals surface area contributed by atoms with Gasteiger partial charge in [0.1, 0.15) is 11.5 Å². The summed E-state index contributed by atoms with van der Waals surface area (Å²) in [6, 6.07) is 19.4. The summed E-state index contributed by atoms with van der Waals surface area (Å²) >= 11 is 0. The van der Waals surface area contributed by atoms with E-state index in [1.165, 1.54) is 0 Å². The normalized spacial score (nSPS) is 10.1. The first-order chi connectivity index (χ1) is 8.88. The summed E-state index contributed by atoms with van der Waals surface area (Å²) in [5.41, 5.74) is 0. The van der Waals surface area contributed by atoms with Crippen molar-refractivity contribution in [2.24, 2.45) is 0 Å². The van der Waals surface area contributed by atoms with Crippen molar-refractivity contribution in [2.45, 2.75) is 0 Å². The average molecular weight is 258 g/mol. The highest BCUT2D eigenvalue weighted by Gasteiger charge is 2.12. The number of hydrogen-bond donors (Lipinski definition) is 0. The molecule has 0 N–H and O–H groups in total. The highest BCUT2D eigenvalue weighted by Crippen LogP contribution is 2.40. The van der Waals surface area contributed by atoms with E-state index >= 15 is 0 Å². The van der Waals surface area contributed by atoms with Crippen LogP contribution < -0.4 is 9.05 Å². The van der Waals surface area contributed by atoms with Crippen LogP contribution >= 0.6 is 8.38 Å². The molecule has 0 atom stereocenters. The van der Waals surface area contributed by atoms with Gasteiger partial charge in [-0.1, -0.05) is 42.5 Å². The van der Waals surface area contributed by atoms with Crippen molar-refractivity contribution < 1.29 is 9.05 Å². The summed E-state index contributed by atoms with van der Waals surface area (Å²) in [5.74, 6) is 1.64. The predicted octanol–water partition coefficient (Wildman–Crippen LogP) is 4.64. The van der Waals surface area contributed by atoms with Crippen LogP contribution in [0, 0.1) is 0 Å². The molecule has 0 aliphatic heterocycles. The first kappa shape index (κ1) is 12.7. The molecule has 0 spiro atoms. The zero-order valence-electron chi connectivity index (χ0n) is 10.0. The monoisotopic (exact) mass is 258 g/mol.